The summed E-state index contributed by atoms with van der Waals surface area (Å²) in [4.78, 5) is 28.2. The van der Waals surface area contributed by atoms with E-state index in [0.717, 1.165) is 18.5 Å². The van der Waals surface area contributed by atoms with E-state index in [2.05, 4.69) is 15.6 Å². The molecular formula is C20H23N3O3. The number of hydrogen-bond acceptors (Lipinski definition) is 5. The van der Waals surface area contributed by atoms with Gasteiger partial charge in [-0.3, -0.25) is 9.78 Å². The van der Waals surface area contributed by atoms with Crippen molar-refractivity contribution in [1.82, 2.24) is 10.3 Å². The standard InChI is InChI=1S/C20H23N3O3/c1-2-26-20(25)14-7-9-17(10-8-14)22-18-11-15(12-21-13-18)19(24)23-16-5-3-4-6-16/h7-13,16,22H,2-6H2,1H3,(H,23,24). The summed E-state index contributed by atoms with van der Waals surface area (Å²) in [5, 5.41) is 6.26. The number of carbonyl (C=O) groups excluding carboxylic acids is 2. The predicted molar refractivity (Wildman–Crippen MR) is 99.6 cm³/mol. The molecular weight excluding hydrogens is 330 g/mol. The Morgan fingerprint density at radius 1 is 1.08 bits per heavy atom. The highest BCUT2D eigenvalue weighted by atomic mass is 16.5. The third-order valence-corrected chi connectivity index (χ3v) is 4.38. The highest BCUT2D eigenvalue weighted by Crippen LogP contribution is 2.20. The second-order valence-electron chi connectivity index (χ2n) is 6.34. The quantitative estimate of drug-likeness (QED) is 0.775. The van der Waals surface area contributed by atoms with Crippen molar-refractivity contribution in [2.75, 3.05) is 11.9 Å². The van der Waals surface area contributed by atoms with Crippen LogP contribution in [0.15, 0.2) is 42.7 Å². The molecule has 1 heterocycles. The number of benzene rings is 1. The Balaban J connectivity index is 1.64. The molecule has 0 radical (unpaired) electrons. The van der Waals surface area contributed by atoms with Crippen molar-refractivity contribution in [2.45, 2.75) is 38.6 Å². The van der Waals surface area contributed by atoms with Crippen LogP contribution in [-0.2, 0) is 4.74 Å². The number of hydrogen-bond donors (Lipinski definition) is 2. The minimum Gasteiger partial charge on any atom is -0.462 e. The summed E-state index contributed by atoms with van der Waals surface area (Å²) in [6.07, 6.45) is 7.66. The van der Waals surface area contributed by atoms with Gasteiger partial charge in [0.2, 0.25) is 0 Å². The number of ether oxygens (including phenoxy) is 1. The van der Waals surface area contributed by atoms with Crippen LogP contribution in [0.2, 0.25) is 0 Å². The number of nitrogens with one attached hydrogen (secondary N) is 2. The molecule has 0 unspecified atom stereocenters. The number of pyridine rings is 1. The normalized spacial score (nSPS) is 14.0. The van der Waals surface area contributed by atoms with E-state index >= 15 is 0 Å². The van der Waals surface area contributed by atoms with Gasteiger partial charge in [-0.15, -0.1) is 0 Å². The van der Waals surface area contributed by atoms with Crippen LogP contribution in [0.3, 0.4) is 0 Å². The van der Waals surface area contributed by atoms with Crippen molar-refractivity contribution in [3.8, 4) is 0 Å². The fraction of sp³-hybridized carbons (Fsp3) is 0.350. The maximum absolute atomic E-state index is 12.4. The number of rotatable bonds is 6. The molecule has 6 heteroatoms. The van der Waals surface area contributed by atoms with Crippen LogP contribution in [0.1, 0.15) is 53.3 Å². The summed E-state index contributed by atoms with van der Waals surface area (Å²) in [7, 11) is 0. The summed E-state index contributed by atoms with van der Waals surface area (Å²) >= 11 is 0. The smallest absolute Gasteiger partial charge is 0.338 e. The molecule has 1 fully saturated rings. The molecule has 1 aliphatic carbocycles. The van der Waals surface area contributed by atoms with Gasteiger partial charge < -0.3 is 15.4 Å². The van der Waals surface area contributed by atoms with Gasteiger partial charge in [-0.25, -0.2) is 4.79 Å². The summed E-state index contributed by atoms with van der Waals surface area (Å²) in [6, 6.07) is 9.02. The van der Waals surface area contributed by atoms with Gasteiger partial charge in [0, 0.05) is 17.9 Å². The average Bonchev–Trinajstić information content (AvgIpc) is 3.16. The minimum absolute atomic E-state index is 0.0919. The fourth-order valence-electron chi connectivity index (χ4n) is 3.04. The maximum Gasteiger partial charge on any atom is 0.338 e. The van der Waals surface area contributed by atoms with Gasteiger partial charge in [0.1, 0.15) is 0 Å². The van der Waals surface area contributed by atoms with E-state index in [-0.39, 0.29) is 17.9 Å². The Morgan fingerprint density at radius 3 is 2.50 bits per heavy atom. The number of carbonyl (C=O) groups is 2. The topological polar surface area (TPSA) is 80.3 Å². The number of amides is 1. The first kappa shape index (κ1) is 17.9. The summed E-state index contributed by atoms with van der Waals surface area (Å²) in [6.45, 7) is 2.12. The van der Waals surface area contributed by atoms with Gasteiger partial charge in [-0.05, 0) is 50.1 Å². The first-order chi connectivity index (χ1) is 12.7. The molecule has 2 N–H and O–H groups in total. The summed E-state index contributed by atoms with van der Waals surface area (Å²) < 4.78 is 4.97. The van der Waals surface area contributed by atoms with Crippen molar-refractivity contribution in [3.63, 3.8) is 0 Å². The van der Waals surface area contributed by atoms with Gasteiger partial charge in [-0.1, -0.05) is 12.8 Å². The van der Waals surface area contributed by atoms with Crippen LogP contribution in [0.4, 0.5) is 11.4 Å². The van der Waals surface area contributed by atoms with Crippen molar-refractivity contribution in [3.05, 3.63) is 53.9 Å². The Kier molecular flexibility index (Phi) is 5.84. The molecule has 1 amide bonds. The predicted octanol–water partition coefficient (Wildman–Crippen LogP) is 3.67. The lowest BCUT2D eigenvalue weighted by molar-refractivity contribution is 0.0526. The van der Waals surface area contributed by atoms with Gasteiger partial charge in [-0.2, -0.15) is 0 Å². The van der Waals surface area contributed by atoms with E-state index in [1.807, 2.05) is 0 Å². The molecule has 1 aromatic carbocycles. The van der Waals surface area contributed by atoms with E-state index < -0.39 is 0 Å². The molecule has 0 atom stereocenters. The lowest BCUT2D eigenvalue weighted by Gasteiger charge is -2.13. The van der Waals surface area contributed by atoms with Gasteiger partial charge >= 0.3 is 5.97 Å². The van der Waals surface area contributed by atoms with Crippen molar-refractivity contribution >= 4 is 23.3 Å². The zero-order chi connectivity index (χ0) is 18.4. The van der Waals surface area contributed by atoms with Crippen molar-refractivity contribution in [2.24, 2.45) is 0 Å². The summed E-state index contributed by atoms with van der Waals surface area (Å²) in [5.74, 6) is -0.433. The monoisotopic (exact) mass is 353 g/mol. The van der Waals surface area contributed by atoms with Crippen molar-refractivity contribution in [1.29, 1.82) is 0 Å². The Hall–Kier alpha value is -2.89. The van der Waals surface area contributed by atoms with Gasteiger partial charge in [0.25, 0.3) is 5.91 Å². The number of aromatic nitrogens is 1. The molecule has 136 valence electrons. The van der Waals surface area contributed by atoms with E-state index in [1.165, 1.54) is 12.8 Å². The number of nitrogens with zero attached hydrogens (tertiary/aromatic N) is 1. The minimum atomic E-state index is -0.341. The Morgan fingerprint density at radius 2 is 1.81 bits per heavy atom. The molecule has 2 aromatic rings. The summed E-state index contributed by atoms with van der Waals surface area (Å²) in [5.41, 5.74) is 2.55. The Labute approximate surface area is 153 Å². The lowest BCUT2D eigenvalue weighted by atomic mass is 10.2. The van der Waals surface area contributed by atoms with Gasteiger partial charge in [0.05, 0.1) is 29.6 Å². The maximum atomic E-state index is 12.4. The first-order valence-electron chi connectivity index (χ1n) is 8.96. The molecule has 1 aliphatic rings. The third-order valence-electron chi connectivity index (χ3n) is 4.38. The van der Waals surface area contributed by atoms with Crippen LogP contribution in [-0.4, -0.2) is 29.5 Å². The van der Waals surface area contributed by atoms with Crippen LogP contribution < -0.4 is 10.6 Å². The van der Waals surface area contributed by atoms with Crippen LogP contribution in [0.25, 0.3) is 0 Å². The molecule has 0 bridgehead atoms. The molecule has 0 aliphatic heterocycles. The second kappa shape index (κ2) is 8.47. The third kappa shape index (κ3) is 4.59. The first-order valence-corrected chi connectivity index (χ1v) is 8.96. The molecule has 6 nitrogen and oxygen atoms in total. The van der Waals surface area contributed by atoms with Crippen LogP contribution >= 0.6 is 0 Å². The van der Waals surface area contributed by atoms with Gasteiger partial charge in [0.15, 0.2) is 0 Å². The fourth-order valence-corrected chi connectivity index (χ4v) is 3.04. The number of esters is 1. The largest absolute Gasteiger partial charge is 0.462 e. The lowest BCUT2D eigenvalue weighted by Crippen LogP contribution is -2.32. The zero-order valence-electron chi connectivity index (χ0n) is 14.8. The molecule has 0 spiro atoms. The average molecular weight is 353 g/mol. The highest BCUT2D eigenvalue weighted by molar-refractivity contribution is 5.95. The van der Waals surface area contributed by atoms with E-state index in [0.29, 0.717) is 23.4 Å². The van der Waals surface area contributed by atoms with Crippen LogP contribution in [0.5, 0.6) is 0 Å². The second-order valence-corrected chi connectivity index (χ2v) is 6.34. The molecule has 1 aromatic heterocycles. The van der Waals surface area contributed by atoms with E-state index in [9.17, 15) is 9.59 Å². The van der Waals surface area contributed by atoms with Crippen LogP contribution in [0, 0.1) is 0 Å². The number of anilines is 2. The van der Waals surface area contributed by atoms with E-state index in [1.54, 1.807) is 49.6 Å². The molecule has 0 saturated heterocycles. The molecule has 26 heavy (non-hydrogen) atoms. The van der Waals surface area contributed by atoms with Crippen molar-refractivity contribution < 1.29 is 14.3 Å². The SMILES string of the molecule is CCOC(=O)c1ccc(Nc2cncc(C(=O)NC3CCCC3)c2)cc1. The molecule has 1 saturated carbocycles. The van der Waals surface area contributed by atoms with E-state index in [4.69, 9.17) is 4.74 Å². The zero-order valence-corrected chi connectivity index (χ0v) is 14.8. The molecule has 3 rings (SSSR count). The highest BCUT2D eigenvalue weighted by Gasteiger charge is 2.18. The Bertz CT molecular complexity index is 768.